The molecule has 0 amide bonds. The SMILES string of the molecule is COc1ccc(C2(c3ccc(OC)cc3)SCC(S(=O)C[C@]34CC[C@H](C[C@H]3O)C4(C)C)=C3CCCC[C@H]32)cc1. The second-order valence-electron chi connectivity index (χ2n) is 12.6. The maximum Gasteiger partial charge on any atom is 0.118 e. The van der Waals surface area contributed by atoms with E-state index in [9.17, 15) is 9.32 Å². The third-order valence-corrected chi connectivity index (χ3v) is 14.5. The summed E-state index contributed by atoms with van der Waals surface area (Å²) in [4.78, 5) is 1.16. The molecular weight excluding hydrogens is 524 g/mol. The van der Waals surface area contributed by atoms with Crippen LogP contribution in [0.5, 0.6) is 11.5 Å². The average Bonchev–Trinajstić information content (AvgIpc) is 3.31. The van der Waals surface area contributed by atoms with Gasteiger partial charge in [0.1, 0.15) is 11.5 Å². The summed E-state index contributed by atoms with van der Waals surface area (Å²) in [6, 6.07) is 17.2. The summed E-state index contributed by atoms with van der Waals surface area (Å²) in [5.41, 5.74) is 3.78. The number of aliphatic hydroxyl groups excluding tert-OH is 1. The van der Waals surface area contributed by atoms with E-state index in [1.165, 1.54) is 23.1 Å². The van der Waals surface area contributed by atoms with Crippen LogP contribution in [0.2, 0.25) is 0 Å². The van der Waals surface area contributed by atoms with Gasteiger partial charge in [-0.15, -0.1) is 11.8 Å². The Kier molecular flexibility index (Phi) is 7.21. The summed E-state index contributed by atoms with van der Waals surface area (Å²) >= 11 is 1.95. The van der Waals surface area contributed by atoms with Crippen LogP contribution >= 0.6 is 11.8 Å². The molecule has 210 valence electrons. The molecule has 1 aliphatic heterocycles. The first-order chi connectivity index (χ1) is 18.8. The molecule has 6 rings (SSSR count). The first kappa shape index (κ1) is 27.4. The van der Waals surface area contributed by atoms with Crippen LogP contribution in [0.15, 0.2) is 59.0 Å². The van der Waals surface area contributed by atoms with Gasteiger partial charge in [0.15, 0.2) is 0 Å². The molecule has 3 fully saturated rings. The molecule has 3 aliphatic carbocycles. The van der Waals surface area contributed by atoms with E-state index in [0.29, 0.717) is 11.7 Å². The highest BCUT2D eigenvalue weighted by molar-refractivity contribution is 8.02. The fourth-order valence-corrected chi connectivity index (χ4v) is 12.7. The van der Waals surface area contributed by atoms with Crippen molar-refractivity contribution in [3.8, 4) is 11.5 Å². The number of ether oxygens (including phenoxy) is 2. The van der Waals surface area contributed by atoms with Crippen molar-refractivity contribution in [3.63, 3.8) is 0 Å². The molecule has 5 atom stereocenters. The standard InChI is InChI=1S/C33H42O4S2/c1-31(2)24-17-18-32(31,30(34)19-24)21-39(35)29-20-38-33(28-8-6-5-7-27(28)29,22-9-13-25(36-3)14-10-22)23-11-15-26(37-4)16-12-23/h9-16,24,28,30,34H,5-8,17-21H2,1-4H3/t24-,28-,30-,32-,39?/m1/s1. The Balaban J connectivity index is 1.43. The molecule has 4 nitrogen and oxygen atoms in total. The van der Waals surface area contributed by atoms with E-state index < -0.39 is 10.8 Å². The summed E-state index contributed by atoms with van der Waals surface area (Å²) < 4.78 is 25.1. The van der Waals surface area contributed by atoms with Gasteiger partial charge in [0.05, 0.1) is 35.9 Å². The minimum atomic E-state index is -1.09. The highest BCUT2D eigenvalue weighted by Crippen LogP contribution is 2.66. The van der Waals surface area contributed by atoms with Gasteiger partial charge in [0.25, 0.3) is 0 Å². The van der Waals surface area contributed by atoms with Crippen LogP contribution in [-0.2, 0) is 15.5 Å². The molecule has 39 heavy (non-hydrogen) atoms. The zero-order chi connectivity index (χ0) is 27.4. The van der Waals surface area contributed by atoms with Crippen LogP contribution in [0.1, 0.15) is 69.9 Å². The van der Waals surface area contributed by atoms with Crippen LogP contribution in [0.3, 0.4) is 0 Å². The van der Waals surface area contributed by atoms with Crippen molar-refractivity contribution in [2.45, 2.75) is 69.6 Å². The highest BCUT2D eigenvalue weighted by atomic mass is 32.2. The summed E-state index contributed by atoms with van der Waals surface area (Å²) in [6.07, 6.45) is 7.12. The number of methoxy groups -OCH3 is 2. The van der Waals surface area contributed by atoms with Gasteiger partial charge >= 0.3 is 0 Å². The Labute approximate surface area is 240 Å². The second kappa shape index (κ2) is 10.3. The molecule has 0 aromatic heterocycles. The Hall–Kier alpha value is -1.76. The molecule has 1 unspecified atom stereocenters. The zero-order valence-electron chi connectivity index (χ0n) is 23.7. The lowest BCUT2D eigenvalue weighted by Crippen LogP contribution is -2.45. The molecule has 0 spiro atoms. The van der Waals surface area contributed by atoms with Gasteiger partial charge in [0.2, 0.25) is 0 Å². The number of hydrogen-bond donors (Lipinski definition) is 1. The van der Waals surface area contributed by atoms with Crippen LogP contribution in [0.4, 0.5) is 0 Å². The Morgan fingerprint density at radius 2 is 1.56 bits per heavy atom. The third kappa shape index (κ3) is 4.15. The number of aliphatic hydroxyl groups is 1. The summed E-state index contributed by atoms with van der Waals surface area (Å²) in [6.45, 7) is 4.63. The van der Waals surface area contributed by atoms with Gasteiger partial charge in [0, 0.05) is 27.7 Å². The quantitative estimate of drug-likeness (QED) is 0.388. The fourth-order valence-electron chi connectivity index (χ4n) is 8.49. The lowest BCUT2D eigenvalue weighted by Gasteiger charge is -2.49. The fraction of sp³-hybridized carbons (Fsp3) is 0.576. The minimum absolute atomic E-state index is 0.0387. The molecule has 2 aromatic carbocycles. The van der Waals surface area contributed by atoms with Gasteiger partial charge in [-0.2, -0.15) is 0 Å². The van der Waals surface area contributed by atoms with Crippen LogP contribution in [0.25, 0.3) is 0 Å². The van der Waals surface area contributed by atoms with E-state index in [2.05, 4.69) is 62.4 Å². The normalized spacial score (nSPS) is 31.6. The van der Waals surface area contributed by atoms with Gasteiger partial charge in [-0.3, -0.25) is 4.21 Å². The second-order valence-corrected chi connectivity index (χ2v) is 15.3. The Morgan fingerprint density at radius 3 is 2.08 bits per heavy atom. The monoisotopic (exact) mass is 566 g/mol. The first-order valence-electron chi connectivity index (χ1n) is 14.5. The van der Waals surface area contributed by atoms with Crippen molar-refractivity contribution in [1.82, 2.24) is 0 Å². The summed E-state index contributed by atoms with van der Waals surface area (Å²) in [7, 11) is 2.33. The van der Waals surface area contributed by atoms with Gasteiger partial charge in [-0.1, -0.05) is 50.1 Å². The topological polar surface area (TPSA) is 55.8 Å². The van der Waals surface area contributed by atoms with E-state index in [4.69, 9.17) is 9.47 Å². The zero-order valence-corrected chi connectivity index (χ0v) is 25.3. The smallest absolute Gasteiger partial charge is 0.118 e. The van der Waals surface area contributed by atoms with Crippen LogP contribution < -0.4 is 9.47 Å². The number of fused-ring (bicyclic) bond motifs is 3. The largest absolute Gasteiger partial charge is 0.497 e. The predicted octanol–water partition coefficient (Wildman–Crippen LogP) is 7.07. The lowest BCUT2D eigenvalue weighted by atomic mass is 9.69. The lowest BCUT2D eigenvalue weighted by molar-refractivity contribution is 0.0161. The van der Waals surface area contributed by atoms with Gasteiger partial charge < -0.3 is 14.6 Å². The van der Waals surface area contributed by atoms with Gasteiger partial charge in [-0.25, -0.2) is 0 Å². The van der Waals surface area contributed by atoms with E-state index in [1.807, 2.05) is 11.8 Å². The van der Waals surface area contributed by atoms with Crippen LogP contribution in [-0.4, -0.2) is 41.1 Å². The number of thioether (sulfide) groups is 1. The summed E-state index contributed by atoms with van der Waals surface area (Å²) in [5.74, 6) is 3.90. The number of rotatable bonds is 7. The molecule has 3 saturated carbocycles. The molecule has 1 N–H and O–H groups in total. The maximum absolute atomic E-state index is 14.4. The maximum atomic E-state index is 14.4. The van der Waals surface area contributed by atoms with Crippen molar-refractivity contribution in [2.75, 3.05) is 25.7 Å². The highest BCUT2D eigenvalue weighted by Gasteiger charge is 2.64. The van der Waals surface area contributed by atoms with E-state index in [1.54, 1.807) is 14.2 Å². The third-order valence-electron chi connectivity index (χ3n) is 11.0. The molecule has 4 aliphatic rings. The van der Waals surface area contributed by atoms with Gasteiger partial charge in [-0.05, 0) is 85.3 Å². The number of hydrogen-bond acceptors (Lipinski definition) is 5. The minimum Gasteiger partial charge on any atom is -0.497 e. The molecule has 6 heteroatoms. The summed E-state index contributed by atoms with van der Waals surface area (Å²) in [5, 5.41) is 11.2. The average molecular weight is 567 g/mol. The number of allylic oxidation sites excluding steroid dienone is 1. The first-order valence-corrected chi connectivity index (χ1v) is 16.8. The molecule has 1 heterocycles. The molecule has 0 radical (unpaired) electrons. The van der Waals surface area contributed by atoms with Crippen LogP contribution in [0, 0.1) is 22.7 Å². The Morgan fingerprint density at radius 1 is 0.949 bits per heavy atom. The number of benzene rings is 2. The van der Waals surface area contributed by atoms with E-state index in [0.717, 1.165) is 60.7 Å². The van der Waals surface area contributed by atoms with E-state index in [-0.39, 0.29) is 27.6 Å². The van der Waals surface area contributed by atoms with Crippen molar-refractivity contribution in [3.05, 3.63) is 70.1 Å². The van der Waals surface area contributed by atoms with Crippen molar-refractivity contribution in [2.24, 2.45) is 22.7 Å². The van der Waals surface area contributed by atoms with Crippen molar-refractivity contribution >= 4 is 22.6 Å². The molecule has 2 bridgehead atoms. The van der Waals surface area contributed by atoms with Crippen molar-refractivity contribution < 1.29 is 18.8 Å². The van der Waals surface area contributed by atoms with Crippen molar-refractivity contribution in [1.29, 1.82) is 0 Å². The molecule has 2 aromatic rings. The van der Waals surface area contributed by atoms with E-state index >= 15 is 0 Å². The Bertz CT molecular complexity index is 1220. The molecule has 0 saturated heterocycles. The molecular formula is C33H42O4S2. The predicted molar refractivity (Wildman–Crippen MR) is 161 cm³/mol.